The van der Waals surface area contributed by atoms with Gasteiger partial charge in [-0.05, 0) is 37.1 Å². The number of benzene rings is 1. The molecule has 5 nitrogen and oxygen atoms in total. The van der Waals surface area contributed by atoms with Gasteiger partial charge in [0.1, 0.15) is 11.4 Å². The summed E-state index contributed by atoms with van der Waals surface area (Å²) in [7, 11) is 0. The standard InChI is InChI=1S/C19H19N3O2/c23-18-16(21-13-6-2-1-3-7-13)17(19(18)24)22-14-8-9-15-12(11-14)5-4-10-20-15/h4-5,8-11,13,21-22H,1-3,6-7H2. The van der Waals surface area contributed by atoms with Gasteiger partial charge in [-0.25, -0.2) is 0 Å². The maximum atomic E-state index is 12.0. The Labute approximate surface area is 139 Å². The Morgan fingerprint density at radius 3 is 2.58 bits per heavy atom. The lowest BCUT2D eigenvalue weighted by molar-refractivity contribution is 0.462. The van der Waals surface area contributed by atoms with Gasteiger partial charge in [0.05, 0.1) is 5.52 Å². The Bertz CT molecular complexity index is 951. The van der Waals surface area contributed by atoms with Crippen LogP contribution in [0.4, 0.5) is 17.1 Å². The van der Waals surface area contributed by atoms with Gasteiger partial charge in [-0.15, -0.1) is 0 Å². The minimum absolute atomic E-state index is 0.295. The predicted octanol–water partition coefficient (Wildman–Crippen LogP) is 3.32. The highest BCUT2D eigenvalue weighted by atomic mass is 16.2. The minimum atomic E-state index is -0.445. The van der Waals surface area contributed by atoms with Gasteiger partial charge in [-0.1, -0.05) is 25.3 Å². The second kappa shape index (κ2) is 6.07. The highest BCUT2D eigenvalue weighted by molar-refractivity contribution is 5.85. The first-order valence-corrected chi connectivity index (χ1v) is 8.44. The Morgan fingerprint density at radius 1 is 0.958 bits per heavy atom. The zero-order chi connectivity index (χ0) is 16.5. The molecule has 0 aliphatic heterocycles. The second-order valence-corrected chi connectivity index (χ2v) is 6.42. The molecule has 5 heteroatoms. The molecule has 1 heterocycles. The van der Waals surface area contributed by atoms with Gasteiger partial charge < -0.3 is 10.6 Å². The van der Waals surface area contributed by atoms with Crippen molar-refractivity contribution in [1.82, 2.24) is 4.98 Å². The molecule has 2 N–H and O–H groups in total. The van der Waals surface area contributed by atoms with Crippen LogP contribution in [-0.4, -0.2) is 11.0 Å². The van der Waals surface area contributed by atoms with Gasteiger partial charge in [-0.3, -0.25) is 14.6 Å². The molecule has 1 aliphatic rings. The van der Waals surface area contributed by atoms with Gasteiger partial charge in [0.25, 0.3) is 10.9 Å². The first-order chi connectivity index (χ1) is 11.7. The van der Waals surface area contributed by atoms with Crippen LogP contribution >= 0.6 is 0 Å². The fourth-order valence-electron chi connectivity index (χ4n) is 3.40. The van der Waals surface area contributed by atoms with Crippen LogP contribution in [0.25, 0.3) is 10.9 Å². The van der Waals surface area contributed by atoms with E-state index in [0.29, 0.717) is 17.4 Å². The summed E-state index contributed by atoms with van der Waals surface area (Å²) in [4.78, 5) is 28.2. The summed E-state index contributed by atoms with van der Waals surface area (Å²) in [6, 6.07) is 9.84. The van der Waals surface area contributed by atoms with E-state index in [1.807, 2.05) is 30.3 Å². The number of aromatic nitrogens is 1. The topological polar surface area (TPSA) is 71.1 Å². The lowest BCUT2D eigenvalue weighted by Gasteiger charge is -2.25. The Morgan fingerprint density at radius 2 is 1.75 bits per heavy atom. The summed E-state index contributed by atoms with van der Waals surface area (Å²) in [5.74, 6) is 0. The maximum Gasteiger partial charge on any atom is 0.253 e. The summed E-state index contributed by atoms with van der Waals surface area (Å²) < 4.78 is 0. The summed E-state index contributed by atoms with van der Waals surface area (Å²) in [5, 5.41) is 7.38. The second-order valence-electron chi connectivity index (χ2n) is 6.42. The van der Waals surface area contributed by atoms with Crippen molar-refractivity contribution in [2.75, 3.05) is 10.6 Å². The van der Waals surface area contributed by atoms with Crippen LogP contribution in [0.1, 0.15) is 32.1 Å². The molecule has 3 aromatic rings. The molecule has 0 unspecified atom stereocenters. The van der Waals surface area contributed by atoms with Gasteiger partial charge in [0.2, 0.25) is 0 Å². The van der Waals surface area contributed by atoms with Crippen LogP contribution in [-0.2, 0) is 0 Å². The number of fused-ring (bicyclic) bond motifs is 1. The summed E-state index contributed by atoms with van der Waals surface area (Å²) in [6.07, 6.45) is 7.46. The highest BCUT2D eigenvalue weighted by Gasteiger charge is 2.24. The molecule has 122 valence electrons. The van der Waals surface area contributed by atoms with E-state index >= 15 is 0 Å². The molecular weight excluding hydrogens is 302 g/mol. The fraction of sp³-hybridized carbons (Fsp3) is 0.316. The number of rotatable bonds is 4. The van der Waals surface area contributed by atoms with Crippen LogP contribution < -0.4 is 21.5 Å². The van der Waals surface area contributed by atoms with Crippen molar-refractivity contribution in [3.8, 4) is 0 Å². The van der Waals surface area contributed by atoms with Crippen LogP contribution in [0.2, 0.25) is 0 Å². The third-order valence-corrected chi connectivity index (χ3v) is 4.74. The van der Waals surface area contributed by atoms with Crippen LogP contribution in [0, 0.1) is 0 Å². The molecule has 1 saturated carbocycles. The molecule has 1 aromatic heterocycles. The van der Waals surface area contributed by atoms with Crippen molar-refractivity contribution < 1.29 is 0 Å². The number of nitrogens with zero attached hydrogens (tertiary/aromatic N) is 1. The quantitative estimate of drug-likeness (QED) is 0.721. The van der Waals surface area contributed by atoms with Gasteiger partial charge in [-0.2, -0.15) is 0 Å². The Hall–Kier alpha value is -2.69. The molecule has 0 atom stereocenters. The lowest BCUT2D eigenvalue weighted by atomic mass is 9.95. The van der Waals surface area contributed by atoms with Crippen molar-refractivity contribution in [2.24, 2.45) is 0 Å². The van der Waals surface area contributed by atoms with E-state index in [1.54, 1.807) is 6.20 Å². The Balaban J connectivity index is 1.58. The number of hydrogen-bond acceptors (Lipinski definition) is 5. The van der Waals surface area contributed by atoms with E-state index in [4.69, 9.17) is 0 Å². The molecule has 0 spiro atoms. The van der Waals surface area contributed by atoms with Gasteiger partial charge >= 0.3 is 0 Å². The predicted molar refractivity (Wildman–Crippen MR) is 96.9 cm³/mol. The smallest absolute Gasteiger partial charge is 0.253 e. The van der Waals surface area contributed by atoms with Crippen molar-refractivity contribution in [2.45, 2.75) is 38.1 Å². The molecule has 0 bridgehead atoms. The molecule has 2 aromatic carbocycles. The normalized spacial score (nSPS) is 15.7. The van der Waals surface area contributed by atoms with Gasteiger partial charge in [0, 0.05) is 23.3 Å². The van der Waals surface area contributed by atoms with Crippen molar-refractivity contribution in [1.29, 1.82) is 0 Å². The third-order valence-electron chi connectivity index (χ3n) is 4.74. The molecule has 4 rings (SSSR count). The van der Waals surface area contributed by atoms with Crippen LogP contribution in [0.15, 0.2) is 46.1 Å². The van der Waals surface area contributed by atoms with Crippen LogP contribution in [0.5, 0.6) is 0 Å². The SMILES string of the molecule is O=c1c(Nc2ccc3ncccc3c2)c(NC2CCCCC2)c1=O. The zero-order valence-electron chi connectivity index (χ0n) is 13.3. The van der Waals surface area contributed by atoms with Gasteiger partial charge in [0.15, 0.2) is 0 Å². The summed E-state index contributed by atoms with van der Waals surface area (Å²) >= 11 is 0. The monoisotopic (exact) mass is 321 g/mol. The van der Waals surface area contributed by atoms with E-state index in [-0.39, 0.29) is 0 Å². The van der Waals surface area contributed by atoms with E-state index in [9.17, 15) is 9.59 Å². The average molecular weight is 321 g/mol. The average Bonchev–Trinajstić information content (AvgIpc) is 2.65. The number of hydrogen-bond donors (Lipinski definition) is 2. The zero-order valence-corrected chi connectivity index (χ0v) is 13.3. The number of anilines is 3. The summed E-state index contributed by atoms with van der Waals surface area (Å²) in [6.45, 7) is 0. The van der Waals surface area contributed by atoms with E-state index in [1.165, 1.54) is 19.3 Å². The molecular formula is C19H19N3O2. The number of pyridine rings is 1. The first kappa shape index (κ1) is 14.9. The molecule has 0 saturated heterocycles. The summed E-state index contributed by atoms with van der Waals surface area (Å²) in [5.41, 5.74) is 1.65. The first-order valence-electron chi connectivity index (χ1n) is 8.44. The fourth-order valence-corrected chi connectivity index (χ4v) is 3.40. The lowest BCUT2D eigenvalue weighted by Crippen LogP contribution is -2.39. The van der Waals surface area contributed by atoms with E-state index < -0.39 is 10.9 Å². The van der Waals surface area contributed by atoms with E-state index in [2.05, 4.69) is 15.6 Å². The van der Waals surface area contributed by atoms with Crippen molar-refractivity contribution in [3.05, 3.63) is 57.0 Å². The minimum Gasteiger partial charge on any atom is -0.377 e. The Kier molecular flexibility index (Phi) is 3.76. The van der Waals surface area contributed by atoms with Crippen molar-refractivity contribution >= 4 is 28.0 Å². The molecule has 24 heavy (non-hydrogen) atoms. The molecule has 1 fully saturated rings. The van der Waals surface area contributed by atoms with E-state index in [0.717, 1.165) is 29.4 Å². The van der Waals surface area contributed by atoms with Crippen molar-refractivity contribution in [3.63, 3.8) is 0 Å². The highest BCUT2D eigenvalue weighted by Crippen LogP contribution is 2.26. The third kappa shape index (κ3) is 2.66. The van der Waals surface area contributed by atoms with Crippen LogP contribution in [0.3, 0.4) is 0 Å². The number of nitrogens with one attached hydrogen (secondary N) is 2. The largest absolute Gasteiger partial charge is 0.377 e. The maximum absolute atomic E-state index is 12.0. The molecule has 0 amide bonds. The molecule has 0 radical (unpaired) electrons. The molecule has 1 aliphatic carbocycles.